The summed E-state index contributed by atoms with van der Waals surface area (Å²) < 4.78 is 30.6. The van der Waals surface area contributed by atoms with Crippen LogP contribution in [0.3, 0.4) is 0 Å². The number of esters is 1. The molecule has 2 aromatic carbocycles. The van der Waals surface area contributed by atoms with E-state index >= 15 is 0 Å². The van der Waals surface area contributed by atoms with Gasteiger partial charge >= 0.3 is 12.0 Å². The Morgan fingerprint density at radius 1 is 1.00 bits per heavy atom. The maximum Gasteiger partial charge on any atom is 0.315 e. The highest BCUT2D eigenvalue weighted by molar-refractivity contribution is 7.92. The molecule has 2 aromatic rings. The monoisotopic (exact) mass is 489 g/mol. The molecule has 0 spiro atoms. The van der Waals surface area contributed by atoms with Gasteiger partial charge < -0.3 is 15.4 Å². The smallest absolute Gasteiger partial charge is 0.315 e. The average molecular weight is 490 g/mol. The van der Waals surface area contributed by atoms with Gasteiger partial charge in [-0.3, -0.25) is 9.52 Å². The lowest BCUT2D eigenvalue weighted by Gasteiger charge is -2.22. The van der Waals surface area contributed by atoms with Crippen molar-refractivity contribution >= 4 is 27.7 Å². The molecule has 0 bridgehead atoms. The first-order valence-corrected chi connectivity index (χ1v) is 13.1. The van der Waals surface area contributed by atoms with Gasteiger partial charge in [0.15, 0.2) is 0 Å². The third kappa shape index (κ3) is 9.82. The summed E-state index contributed by atoms with van der Waals surface area (Å²) in [4.78, 5) is 24.7. The average Bonchev–Trinajstić information content (AvgIpc) is 2.74. The van der Waals surface area contributed by atoms with Crippen LogP contribution in [0, 0.1) is 11.3 Å². The Labute approximate surface area is 202 Å². The van der Waals surface area contributed by atoms with E-state index < -0.39 is 15.4 Å². The molecule has 0 radical (unpaired) electrons. The van der Waals surface area contributed by atoms with Gasteiger partial charge in [0.1, 0.15) is 0 Å². The zero-order valence-electron chi connectivity index (χ0n) is 20.4. The van der Waals surface area contributed by atoms with E-state index in [1.807, 2.05) is 37.3 Å². The molecule has 0 heterocycles. The second-order valence-electron chi connectivity index (χ2n) is 9.48. The summed E-state index contributed by atoms with van der Waals surface area (Å²) in [5.74, 6) is -0.367. The number of rotatable bonds is 10. The largest absolute Gasteiger partial charge is 0.465 e. The molecule has 8 nitrogen and oxygen atoms in total. The fourth-order valence-electron chi connectivity index (χ4n) is 3.17. The number of hydrogen-bond donors (Lipinski definition) is 3. The van der Waals surface area contributed by atoms with Gasteiger partial charge in [0, 0.05) is 18.2 Å². The van der Waals surface area contributed by atoms with Crippen molar-refractivity contribution in [2.45, 2.75) is 40.2 Å². The number of benzene rings is 2. The maximum absolute atomic E-state index is 12.5. The minimum Gasteiger partial charge on any atom is -0.465 e. The fourth-order valence-corrected chi connectivity index (χ4v) is 3.73. The van der Waals surface area contributed by atoms with Crippen LogP contribution in [-0.4, -0.2) is 39.8 Å². The van der Waals surface area contributed by atoms with Crippen LogP contribution in [0.2, 0.25) is 0 Å². The Kier molecular flexibility index (Phi) is 9.49. The second kappa shape index (κ2) is 11.9. The van der Waals surface area contributed by atoms with Crippen molar-refractivity contribution in [1.29, 1.82) is 0 Å². The van der Waals surface area contributed by atoms with Gasteiger partial charge in [-0.05, 0) is 57.4 Å². The van der Waals surface area contributed by atoms with Gasteiger partial charge in [-0.1, -0.05) is 42.5 Å². The Morgan fingerprint density at radius 2 is 1.62 bits per heavy atom. The number of anilines is 1. The highest BCUT2D eigenvalue weighted by atomic mass is 32.2. The van der Waals surface area contributed by atoms with Gasteiger partial charge in [0.05, 0.1) is 24.3 Å². The SMILES string of the molecule is C[C@@H](NC(=O)NCC(COC(=O)C(C)(C)C)Cc1ccccc1)c1ccc(NS(C)(=O)=O)cc1. The molecule has 0 aliphatic rings. The zero-order valence-corrected chi connectivity index (χ0v) is 21.2. The first-order valence-electron chi connectivity index (χ1n) is 11.2. The van der Waals surface area contributed by atoms with E-state index in [9.17, 15) is 18.0 Å². The van der Waals surface area contributed by atoms with E-state index in [4.69, 9.17) is 4.74 Å². The van der Waals surface area contributed by atoms with E-state index in [1.54, 1.807) is 45.0 Å². The standard InChI is InChI=1S/C25H35N3O5S/c1-18(21-11-13-22(14-12-21)28-34(5,31)32)27-24(30)26-16-20(15-19-9-7-6-8-10-19)17-33-23(29)25(2,3)4/h6-14,18,20,28H,15-17H2,1-5H3,(H2,26,27,30)/t18-,20?/m1/s1. The number of hydrogen-bond acceptors (Lipinski definition) is 5. The van der Waals surface area contributed by atoms with Crippen LogP contribution in [-0.2, 0) is 26.0 Å². The van der Waals surface area contributed by atoms with Crippen LogP contribution in [0.5, 0.6) is 0 Å². The van der Waals surface area contributed by atoms with Crippen molar-refractivity contribution in [2.75, 3.05) is 24.1 Å². The Balaban J connectivity index is 1.93. The lowest BCUT2D eigenvalue weighted by atomic mass is 9.97. The predicted molar refractivity (Wildman–Crippen MR) is 134 cm³/mol. The summed E-state index contributed by atoms with van der Waals surface area (Å²) in [5, 5.41) is 5.75. The van der Waals surface area contributed by atoms with Gasteiger partial charge in [-0.2, -0.15) is 0 Å². The third-order valence-electron chi connectivity index (χ3n) is 5.04. The van der Waals surface area contributed by atoms with Gasteiger partial charge in [-0.25, -0.2) is 13.2 Å². The van der Waals surface area contributed by atoms with Crippen molar-refractivity contribution in [3.63, 3.8) is 0 Å². The molecule has 0 aromatic heterocycles. The molecule has 9 heteroatoms. The summed E-state index contributed by atoms with van der Waals surface area (Å²) >= 11 is 0. The number of carbonyl (C=O) groups excluding carboxylic acids is 2. The van der Waals surface area contributed by atoms with Crippen LogP contribution >= 0.6 is 0 Å². The van der Waals surface area contributed by atoms with E-state index in [2.05, 4.69) is 15.4 Å². The molecule has 2 amide bonds. The van der Waals surface area contributed by atoms with Crippen LogP contribution < -0.4 is 15.4 Å². The highest BCUT2D eigenvalue weighted by Gasteiger charge is 2.24. The predicted octanol–water partition coefficient (Wildman–Crippen LogP) is 3.87. The van der Waals surface area contributed by atoms with Crippen LogP contribution in [0.4, 0.5) is 10.5 Å². The molecule has 2 atom stereocenters. The molecule has 0 saturated heterocycles. The van der Waals surface area contributed by atoms with Crippen LogP contribution in [0.15, 0.2) is 54.6 Å². The summed E-state index contributed by atoms with van der Waals surface area (Å²) in [7, 11) is -3.35. The number of amides is 2. The lowest BCUT2D eigenvalue weighted by Crippen LogP contribution is -2.41. The Morgan fingerprint density at radius 3 is 2.18 bits per heavy atom. The number of urea groups is 1. The number of ether oxygens (including phenoxy) is 1. The summed E-state index contributed by atoms with van der Waals surface area (Å²) in [6, 6.07) is 16.0. The molecule has 34 heavy (non-hydrogen) atoms. The van der Waals surface area contributed by atoms with Crippen LogP contribution in [0.25, 0.3) is 0 Å². The van der Waals surface area contributed by atoms with Gasteiger partial charge in [-0.15, -0.1) is 0 Å². The first-order chi connectivity index (χ1) is 15.8. The summed E-state index contributed by atoms with van der Waals surface area (Å²) in [6.07, 6.45) is 1.74. The minimum absolute atomic E-state index is 0.0869. The quantitative estimate of drug-likeness (QED) is 0.439. The molecular formula is C25H35N3O5S. The normalized spacial score (nSPS) is 13.4. The second-order valence-corrected chi connectivity index (χ2v) is 11.2. The minimum atomic E-state index is -3.35. The van der Waals surface area contributed by atoms with Crippen molar-refractivity contribution in [3.05, 3.63) is 65.7 Å². The number of carbonyl (C=O) groups is 2. The molecule has 2 rings (SSSR count). The molecule has 1 unspecified atom stereocenters. The molecule has 0 aliphatic carbocycles. The van der Waals surface area contributed by atoms with E-state index in [0.29, 0.717) is 18.7 Å². The third-order valence-corrected chi connectivity index (χ3v) is 5.65. The maximum atomic E-state index is 12.5. The van der Waals surface area contributed by atoms with Gasteiger partial charge in [0.25, 0.3) is 0 Å². The Bertz CT molecular complexity index is 1050. The summed E-state index contributed by atoms with van der Waals surface area (Å²) in [5.41, 5.74) is 1.78. The molecular weight excluding hydrogens is 454 g/mol. The molecule has 0 saturated carbocycles. The highest BCUT2D eigenvalue weighted by Crippen LogP contribution is 2.18. The zero-order chi connectivity index (χ0) is 25.4. The van der Waals surface area contributed by atoms with Crippen molar-refractivity contribution in [2.24, 2.45) is 11.3 Å². The van der Waals surface area contributed by atoms with Crippen molar-refractivity contribution in [1.82, 2.24) is 10.6 Å². The van der Waals surface area contributed by atoms with E-state index in [-0.39, 0.29) is 30.6 Å². The van der Waals surface area contributed by atoms with Crippen molar-refractivity contribution in [3.8, 4) is 0 Å². The molecule has 0 aliphatic heterocycles. The van der Waals surface area contributed by atoms with E-state index in [0.717, 1.165) is 17.4 Å². The molecule has 186 valence electrons. The number of nitrogens with one attached hydrogen (secondary N) is 3. The van der Waals surface area contributed by atoms with Gasteiger partial charge in [0.2, 0.25) is 10.0 Å². The van der Waals surface area contributed by atoms with Crippen LogP contribution in [0.1, 0.15) is 44.9 Å². The molecule has 3 N–H and O–H groups in total. The fraction of sp³-hybridized carbons (Fsp3) is 0.440. The Hall–Kier alpha value is -3.07. The molecule has 0 fully saturated rings. The summed E-state index contributed by atoms with van der Waals surface area (Å²) in [6.45, 7) is 7.79. The first kappa shape index (κ1) is 27.2. The van der Waals surface area contributed by atoms with E-state index in [1.165, 1.54) is 0 Å². The number of sulfonamides is 1. The lowest BCUT2D eigenvalue weighted by molar-refractivity contribution is -0.154. The van der Waals surface area contributed by atoms with Crippen molar-refractivity contribution < 1.29 is 22.7 Å². The topological polar surface area (TPSA) is 114 Å².